The van der Waals surface area contributed by atoms with Gasteiger partial charge >= 0.3 is 5.97 Å². The van der Waals surface area contributed by atoms with Crippen LogP contribution in [0.5, 0.6) is 5.75 Å². The standard InChI is InChI=1S/C26H34FNO4/c1-16-11-17(2)13-18(12-16)5-4-10-32-24-15-22(27)21(14-20(24)19-7-8-19)25(29)28-9-3-6-23(28)26(30)31/h14-15,17-19,23H,1,3-13H2,2H3,(H,30,31)/t17?,18?,23-/m1/s1. The minimum absolute atomic E-state index is 0.0397. The van der Waals surface area contributed by atoms with Gasteiger partial charge in [-0.25, -0.2) is 9.18 Å². The van der Waals surface area contributed by atoms with Crippen molar-refractivity contribution in [2.75, 3.05) is 13.2 Å². The highest BCUT2D eigenvalue weighted by atomic mass is 19.1. The van der Waals surface area contributed by atoms with E-state index in [-0.39, 0.29) is 11.5 Å². The van der Waals surface area contributed by atoms with Crippen LogP contribution in [0, 0.1) is 17.7 Å². The minimum Gasteiger partial charge on any atom is -0.493 e. The molecule has 4 rings (SSSR count). The van der Waals surface area contributed by atoms with E-state index in [1.807, 2.05) is 0 Å². The van der Waals surface area contributed by atoms with Crippen LogP contribution >= 0.6 is 0 Å². The molecule has 6 heteroatoms. The second-order valence-electron chi connectivity index (χ2n) is 9.99. The van der Waals surface area contributed by atoms with Gasteiger partial charge in [-0.2, -0.15) is 0 Å². The summed E-state index contributed by atoms with van der Waals surface area (Å²) < 4.78 is 20.9. The van der Waals surface area contributed by atoms with E-state index in [0.29, 0.717) is 43.6 Å². The lowest BCUT2D eigenvalue weighted by atomic mass is 9.78. The van der Waals surface area contributed by atoms with E-state index in [9.17, 15) is 19.1 Å². The average molecular weight is 444 g/mol. The fourth-order valence-corrected chi connectivity index (χ4v) is 5.49. The number of halogens is 1. The number of carboxylic acid groups (broad SMARTS) is 1. The second-order valence-corrected chi connectivity index (χ2v) is 9.99. The lowest BCUT2D eigenvalue weighted by Gasteiger charge is -2.28. The van der Waals surface area contributed by atoms with E-state index in [0.717, 1.165) is 44.1 Å². The van der Waals surface area contributed by atoms with Crippen molar-refractivity contribution in [3.63, 3.8) is 0 Å². The number of likely N-dealkylation sites (tertiary alicyclic amines) is 1. The Labute approximate surface area is 189 Å². The first-order chi connectivity index (χ1) is 15.3. The van der Waals surface area contributed by atoms with Gasteiger partial charge in [-0.05, 0) is 87.2 Å². The zero-order valence-corrected chi connectivity index (χ0v) is 18.9. The number of hydrogen-bond donors (Lipinski definition) is 1. The number of benzene rings is 1. The van der Waals surface area contributed by atoms with Crippen molar-refractivity contribution in [1.82, 2.24) is 4.90 Å². The number of hydrogen-bond acceptors (Lipinski definition) is 3. The van der Waals surface area contributed by atoms with E-state index in [1.165, 1.54) is 23.0 Å². The van der Waals surface area contributed by atoms with Gasteiger partial charge in [0.15, 0.2) is 0 Å². The van der Waals surface area contributed by atoms with Crippen LogP contribution in [0.4, 0.5) is 4.39 Å². The molecule has 5 nitrogen and oxygen atoms in total. The van der Waals surface area contributed by atoms with E-state index in [2.05, 4.69) is 13.5 Å². The molecule has 1 saturated heterocycles. The quantitative estimate of drug-likeness (QED) is 0.423. The van der Waals surface area contributed by atoms with Crippen molar-refractivity contribution in [2.24, 2.45) is 11.8 Å². The Balaban J connectivity index is 1.41. The van der Waals surface area contributed by atoms with Crippen molar-refractivity contribution in [3.8, 4) is 5.75 Å². The first kappa shape index (κ1) is 22.8. The molecule has 0 radical (unpaired) electrons. The third-order valence-corrected chi connectivity index (χ3v) is 7.11. The van der Waals surface area contributed by atoms with Gasteiger partial charge in [0.05, 0.1) is 12.2 Å². The molecule has 3 atom stereocenters. The molecule has 0 spiro atoms. The van der Waals surface area contributed by atoms with Crippen LogP contribution in [0.15, 0.2) is 24.3 Å². The topological polar surface area (TPSA) is 66.8 Å². The Hall–Kier alpha value is -2.37. The molecular formula is C26H34FNO4. The van der Waals surface area contributed by atoms with Crippen molar-refractivity contribution in [2.45, 2.75) is 76.7 Å². The molecule has 0 bridgehead atoms. The number of carbonyl (C=O) groups is 2. The summed E-state index contributed by atoms with van der Waals surface area (Å²) in [7, 11) is 0. The molecule has 32 heavy (non-hydrogen) atoms. The van der Waals surface area contributed by atoms with Crippen molar-refractivity contribution < 1.29 is 23.8 Å². The Morgan fingerprint density at radius 2 is 2.03 bits per heavy atom. The van der Waals surface area contributed by atoms with Crippen LogP contribution in [-0.4, -0.2) is 41.1 Å². The molecular weight excluding hydrogens is 409 g/mol. The molecule has 1 aliphatic heterocycles. The molecule has 2 aliphatic carbocycles. The molecule has 2 unspecified atom stereocenters. The molecule has 1 aromatic rings. The number of rotatable bonds is 8. The summed E-state index contributed by atoms with van der Waals surface area (Å²) in [5.74, 6) is -0.0473. The summed E-state index contributed by atoms with van der Waals surface area (Å²) in [5.41, 5.74) is 2.18. The third-order valence-electron chi connectivity index (χ3n) is 7.11. The molecule has 1 heterocycles. The summed E-state index contributed by atoms with van der Waals surface area (Å²) in [4.78, 5) is 25.7. The molecule has 3 fully saturated rings. The van der Waals surface area contributed by atoms with Crippen molar-refractivity contribution in [3.05, 3.63) is 41.2 Å². The molecule has 2 saturated carbocycles. The predicted octanol–water partition coefficient (Wildman–Crippen LogP) is 5.54. The fraction of sp³-hybridized carbons (Fsp3) is 0.615. The number of ether oxygens (including phenoxy) is 1. The Bertz CT molecular complexity index is 894. The first-order valence-corrected chi connectivity index (χ1v) is 12.0. The SMILES string of the molecule is C=C1CC(C)CC(CCCOc2cc(F)c(C(=O)N3CCC[C@@H]3C(=O)O)cc2C2CC2)C1. The van der Waals surface area contributed by atoms with Gasteiger partial charge in [0.2, 0.25) is 0 Å². The molecule has 0 aromatic heterocycles. The smallest absolute Gasteiger partial charge is 0.326 e. The van der Waals surface area contributed by atoms with E-state index in [1.54, 1.807) is 6.07 Å². The van der Waals surface area contributed by atoms with E-state index < -0.39 is 23.7 Å². The van der Waals surface area contributed by atoms with Crippen molar-refractivity contribution in [1.29, 1.82) is 0 Å². The molecule has 3 aliphatic rings. The van der Waals surface area contributed by atoms with Gasteiger partial charge < -0.3 is 14.7 Å². The maximum atomic E-state index is 14.9. The summed E-state index contributed by atoms with van der Waals surface area (Å²) >= 11 is 0. The highest BCUT2D eigenvalue weighted by Gasteiger charge is 2.37. The summed E-state index contributed by atoms with van der Waals surface area (Å²) in [6, 6.07) is 2.06. The lowest BCUT2D eigenvalue weighted by molar-refractivity contribution is -0.141. The van der Waals surface area contributed by atoms with Crippen LogP contribution in [0.1, 0.15) is 86.6 Å². The Morgan fingerprint density at radius 1 is 1.25 bits per heavy atom. The second kappa shape index (κ2) is 9.63. The molecule has 1 N–H and O–H groups in total. The van der Waals surface area contributed by atoms with Gasteiger partial charge in [-0.1, -0.05) is 19.1 Å². The van der Waals surface area contributed by atoms with E-state index >= 15 is 0 Å². The largest absolute Gasteiger partial charge is 0.493 e. The zero-order valence-electron chi connectivity index (χ0n) is 18.9. The summed E-state index contributed by atoms with van der Waals surface area (Å²) in [5, 5.41) is 9.38. The summed E-state index contributed by atoms with van der Waals surface area (Å²) in [6.45, 7) is 7.32. The van der Waals surface area contributed by atoms with Gasteiger partial charge in [0.25, 0.3) is 5.91 Å². The van der Waals surface area contributed by atoms with Crippen LogP contribution < -0.4 is 4.74 Å². The average Bonchev–Trinajstić information content (AvgIpc) is 3.45. The monoisotopic (exact) mass is 443 g/mol. The van der Waals surface area contributed by atoms with Gasteiger partial charge in [-0.3, -0.25) is 4.79 Å². The lowest BCUT2D eigenvalue weighted by Crippen LogP contribution is -2.40. The Morgan fingerprint density at radius 3 is 2.72 bits per heavy atom. The van der Waals surface area contributed by atoms with Crippen LogP contribution in [0.2, 0.25) is 0 Å². The summed E-state index contributed by atoms with van der Waals surface area (Å²) in [6.07, 6.45) is 8.46. The maximum Gasteiger partial charge on any atom is 0.326 e. The number of carboxylic acids is 1. The first-order valence-electron chi connectivity index (χ1n) is 12.0. The van der Waals surface area contributed by atoms with Crippen LogP contribution in [-0.2, 0) is 4.79 Å². The third kappa shape index (κ3) is 5.16. The number of aliphatic carboxylic acids is 1. The van der Waals surface area contributed by atoms with Crippen LogP contribution in [0.25, 0.3) is 0 Å². The zero-order chi connectivity index (χ0) is 22.8. The molecule has 1 amide bonds. The Kier molecular flexibility index (Phi) is 6.87. The highest BCUT2D eigenvalue weighted by molar-refractivity contribution is 5.97. The van der Waals surface area contributed by atoms with Crippen LogP contribution in [0.3, 0.4) is 0 Å². The number of carbonyl (C=O) groups excluding carboxylic acids is 1. The van der Waals surface area contributed by atoms with Gasteiger partial charge in [0, 0.05) is 12.6 Å². The highest BCUT2D eigenvalue weighted by Crippen LogP contribution is 2.45. The predicted molar refractivity (Wildman–Crippen MR) is 120 cm³/mol. The number of allylic oxidation sites excluding steroid dienone is 1. The maximum absolute atomic E-state index is 14.9. The molecule has 1 aromatic carbocycles. The van der Waals surface area contributed by atoms with Gasteiger partial charge in [0.1, 0.15) is 17.6 Å². The normalized spacial score (nSPS) is 25.8. The van der Waals surface area contributed by atoms with Crippen molar-refractivity contribution >= 4 is 11.9 Å². The minimum atomic E-state index is -1.03. The van der Waals surface area contributed by atoms with Gasteiger partial charge in [-0.15, -0.1) is 0 Å². The molecule has 174 valence electrons. The number of amides is 1. The van der Waals surface area contributed by atoms with E-state index in [4.69, 9.17) is 4.74 Å². The fourth-order valence-electron chi connectivity index (χ4n) is 5.49. The number of nitrogens with zero attached hydrogens (tertiary/aromatic N) is 1.